The summed E-state index contributed by atoms with van der Waals surface area (Å²) in [6.45, 7) is 2.42. The van der Waals surface area contributed by atoms with Crippen LogP contribution < -0.4 is 0 Å². The number of rotatable bonds is 4. The number of aliphatic hydroxyl groups excluding tert-OH is 1. The molecule has 0 aliphatic heterocycles. The van der Waals surface area contributed by atoms with E-state index in [4.69, 9.17) is 9.84 Å². The van der Waals surface area contributed by atoms with Crippen LogP contribution in [0.2, 0.25) is 0 Å². The van der Waals surface area contributed by atoms with Crippen molar-refractivity contribution in [3.8, 4) is 0 Å². The highest BCUT2D eigenvalue weighted by Crippen LogP contribution is 2.52. The molecule has 0 spiro atoms. The summed E-state index contributed by atoms with van der Waals surface area (Å²) in [5.41, 5.74) is -0.311. The lowest BCUT2D eigenvalue weighted by atomic mass is 9.78. The van der Waals surface area contributed by atoms with E-state index in [2.05, 4.69) is 12.2 Å². The molecule has 2 aliphatic carbocycles. The molecule has 2 bridgehead atoms. The molecule has 1 N–H and O–H groups in total. The van der Waals surface area contributed by atoms with E-state index in [1.165, 1.54) is 0 Å². The van der Waals surface area contributed by atoms with Crippen molar-refractivity contribution >= 4 is 5.97 Å². The molecule has 0 aromatic rings. The lowest BCUT2D eigenvalue weighted by molar-refractivity contribution is -0.156. The highest BCUT2D eigenvalue weighted by atomic mass is 16.5. The molecule has 0 heterocycles. The van der Waals surface area contributed by atoms with Gasteiger partial charge in [-0.2, -0.15) is 0 Å². The summed E-state index contributed by atoms with van der Waals surface area (Å²) in [6, 6.07) is 0. The number of hydrogen-bond acceptors (Lipinski definition) is 3. The fourth-order valence-electron chi connectivity index (χ4n) is 2.72. The van der Waals surface area contributed by atoms with Gasteiger partial charge in [-0.05, 0) is 31.6 Å². The van der Waals surface area contributed by atoms with E-state index < -0.39 is 0 Å². The molecule has 1 fully saturated rings. The van der Waals surface area contributed by atoms with Crippen molar-refractivity contribution in [1.29, 1.82) is 0 Å². The Bertz CT molecular complexity index is 285. The van der Waals surface area contributed by atoms with Crippen molar-refractivity contribution in [2.24, 2.45) is 17.3 Å². The fraction of sp³-hybridized carbons (Fsp3) is 0.750. The molecular weight excluding hydrogens is 192 g/mol. The van der Waals surface area contributed by atoms with Gasteiger partial charge in [0.05, 0.1) is 12.0 Å². The van der Waals surface area contributed by atoms with Crippen molar-refractivity contribution in [2.75, 3.05) is 13.2 Å². The average Bonchev–Trinajstić information content (AvgIpc) is 2.78. The highest BCUT2D eigenvalue weighted by Gasteiger charge is 2.50. The second-order valence-electron chi connectivity index (χ2n) is 4.82. The molecule has 3 unspecified atom stereocenters. The lowest BCUT2D eigenvalue weighted by Crippen LogP contribution is -2.34. The molecule has 15 heavy (non-hydrogen) atoms. The van der Waals surface area contributed by atoms with Crippen LogP contribution in [-0.4, -0.2) is 24.3 Å². The number of esters is 1. The maximum atomic E-state index is 11.9. The summed E-state index contributed by atoms with van der Waals surface area (Å²) in [5.74, 6) is 0.849. The monoisotopic (exact) mass is 210 g/mol. The largest absolute Gasteiger partial charge is 0.465 e. The smallest absolute Gasteiger partial charge is 0.312 e. The summed E-state index contributed by atoms with van der Waals surface area (Å²) in [5, 5.41) is 8.61. The molecule has 84 valence electrons. The molecule has 0 amide bonds. The van der Waals surface area contributed by atoms with Gasteiger partial charge in [-0.25, -0.2) is 0 Å². The summed E-state index contributed by atoms with van der Waals surface area (Å²) in [6.07, 6.45) is 6.93. The fourth-order valence-corrected chi connectivity index (χ4v) is 2.72. The van der Waals surface area contributed by atoms with Crippen LogP contribution in [0.1, 0.15) is 26.2 Å². The third-order valence-electron chi connectivity index (χ3n) is 3.68. The minimum absolute atomic E-state index is 0.0793. The predicted molar refractivity (Wildman–Crippen MR) is 56.1 cm³/mol. The molecule has 2 aliphatic rings. The Labute approximate surface area is 90.1 Å². The Morgan fingerprint density at radius 1 is 1.60 bits per heavy atom. The standard InChI is InChI=1S/C12H18O3/c1-12(11(14)15-6-2-5-13)8-9-3-4-10(12)7-9/h3-4,9-10,13H,2,5-8H2,1H3. The van der Waals surface area contributed by atoms with E-state index in [0.29, 0.717) is 24.9 Å². The Hall–Kier alpha value is -0.830. The Balaban J connectivity index is 1.92. The molecule has 0 saturated heterocycles. The van der Waals surface area contributed by atoms with Crippen LogP contribution in [0, 0.1) is 17.3 Å². The first-order valence-electron chi connectivity index (χ1n) is 5.63. The van der Waals surface area contributed by atoms with Crippen LogP contribution in [0.15, 0.2) is 12.2 Å². The van der Waals surface area contributed by atoms with E-state index >= 15 is 0 Å². The topological polar surface area (TPSA) is 46.5 Å². The number of fused-ring (bicyclic) bond motifs is 2. The minimum atomic E-state index is -0.311. The number of allylic oxidation sites excluding steroid dienone is 2. The molecule has 2 rings (SSSR count). The van der Waals surface area contributed by atoms with Crippen LogP contribution in [-0.2, 0) is 9.53 Å². The van der Waals surface area contributed by atoms with Crippen molar-refractivity contribution in [3.05, 3.63) is 12.2 Å². The zero-order valence-electron chi connectivity index (χ0n) is 9.11. The van der Waals surface area contributed by atoms with E-state index in [9.17, 15) is 4.79 Å². The molecule has 0 aromatic carbocycles. The molecule has 1 saturated carbocycles. The van der Waals surface area contributed by atoms with Gasteiger partial charge in [0.25, 0.3) is 0 Å². The number of carbonyl (C=O) groups is 1. The maximum absolute atomic E-state index is 11.9. The van der Waals surface area contributed by atoms with Crippen molar-refractivity contribution in [3.63, 3.8) is 0 Å². The summed E-state index contributed by atoms with van der Waals surface area (Å²) in [4.78, 5) is 11.9. The van der Waals surface area contributed by atoms with Crippen LogP contribution in [0.4, 0.5) is 0 Å². The predicted octanol–water partition coefficient (Wildman–Crippen LogP) is 1.51. The van der Waals surface area contributed by atoms with Gasteiger partial charge < -0.3 is 9.84 Å². The Morgan fingerprint density at radius 3 is 2.93 bits per heavy atom. The van der Waals surface area contributed by atoms with Gasteiger partial charge in [0.2, 0.25) is 0 Å². The van der Waals surface area contributed by atoms with E-state index in [-0.39, 0.29) is 18.0 Å². The molecule has 3 heteroatoms. The third-order valence-corrected chi connectivity index (χ3v) is 3.68. The van der Waals surface area contributed by atoms with E-state index in [1.807, 2.05) is 6.92 Å². The lowest BCUT2D eigenvalue weighted by Gasteiger charge is -2.28. The molecule has 0 radical (unpaired) electrons. The zero-order chi connectivity index (χ0) is 10.9. The maximum Gasteiger partial charge on any atom is 0.312 e. The number of carbonyl (C=O) groups excluding carboxylic acids is 1. The summed E-state index contributed by atoms with van der Waals surface area (Å²) < 4.78 is 5.19. The van der Waals surface area contributed by atoms with Crippen molar-refractivity contribution in [1.82, 2.24) is 0 Å². The van der Waals surface area contributed by atoms with E-state index in [1.54, 1.807) is 0 Å². The van der Waals surface area contributed by atoms with Gasteiger partial charge in [0.1, 0.15) is 0 Å². The van der Waals surface area contributed by atoms with Gasteiger partial charge in [0, 0.05) is 13.0 Å². The second kappa shape index (κ2) is 3.97. The normalized spacial score (nSPS) is 37.2. The van der Waals surface area contributed by atoms with E-state index in [0.717, 1.165) is 12.8 Å². The van der Waals surface area contributed by atoms with Gasteiger partial charge in [-0.3, -0.25) is 4.79 Å². The van der Waals surface area contributed by atoms with Crippen LogP contribution in [0.25, 0.3) is 0 Å². The molecular formula is C12H18O3. The number of ether oxygens (including phenoxy) is 1. The van der Waals surface area contributed by atoms with Crippen molar-refractivity contribution in [2.45, 2.75) is 26.2 Å². The average molecular weight is 210 g/mol. The van der Waals surface area contributed by atoms with Crippen molar-refractivity contribution < 1.29 is 14.6 Å². The summed E-state index contributed by atoms with van der Waals surface area (Å²) >= 11 is 0. The van der Waals surface area contributed by atoms with Crippen LogP contribution in [0.5, 0.6) is 0 Å². The summed E-state index contributed by atoms with van der Waals surface area (Å²) in [7, 11) is 0. The number of aliphatic hydroxyl groups is 1. The van der Waals surface area contributed by atoms with Crippen LogP contribution in [0.3, 0.4) is 0 Å². The molecule has 3 nitrogen and oxygen atoms in total. The SMILES string of the molecule is CC1(C(=O)OCCCO)CC2C=CC1C2. The third kappa shape index (κ3) is 1.81. The van der Waals surface area contributed by atoms with Gasteiger partial charge >= 0.3 is 5.97 Å². The van der Waals surface area contributed by atoms with Gasteiger partial charge in [0.15, 0.2) is 0 Å². The van der Waals surface area contributed by atoms with Crippen LogP contribution >= 0.6 is 0 Å². The highest BCUT2D eigenvalue weighted by molar-refractivity contribution is 5.78. The minimum Gasteiger partial charge on any atom is -0.465 e. The Morgan fingerprint density at radius 2 is 2.40 bits per heavy atom. The second-order valence-corrected chi connectivity index (χ2v) is 4.82. The molecule has 0 aromatic heterocycles. The zero-order valence-corrected chi connectivity index (χ0v) is 9.11. The first kappa shape index (κ1) is 10.7. The Kier molecular flexibility index (Phi) is 2.83. The first-order valence-corrected chi connectivity index (χ1v) is 5.63. The van der Waals surface area contributed by atoms with Gasteiger partial charge in [-0.15, -0.1) is 0 Å². The molecule has 3 atom stereocenters. The first-order chi connectivity index (χ1) is 7.16. The quantitative estimate of drug-likeness (QED) is 0.434. The number of hydrogen-bond donors (Lipinski definition) is 1. The van der Waals surface area contributed by atoms with Gasteiger partial charge in [-0.1, -0.05) is 12.2 Å².